The normalized spacial score (nSPS) is 26.6. The lowest BCUT2D eigenvalue weighted by Crippen LogP contribution is -2.62. The zero-order valence-corrected chi connectivity index (χ0v) is 20.7. The molecule has 5 rings (SSSR count). The van der Waals surface area contributed by atoms with Crippen molar-refractivity contribution in [3.8, 4) is 5.75 Å². The predicted molar refractivity (Wildman–Crippen MR) is 133 cm³/mol. The Morgan fingerprint density at radius 1 is 1.20 bits per heavy atom. The van der Waals surface area contributed by atoms with Gasteiger partial charge in [-0.2, -0.15) is 0 Å². The molecule has 2 aromatic rings. The van der Waals surface area contributed by atoms with Gasteiger partial charge in [0, 0.05) is 18.8 Å². The van der Waals surface area contributed by atoms with Gasteiger partial charge in [0.15, 0.2) is 15.3 Å². The van der Waals surface area contributed by atoms with Gasteiger partial charge in [0.1, 0.15) is 17.1 Å². The molecule has 2 amide bonds. The molecule has 2 saturated heterocycles. The summed E-state index contributed by atoms with van der Waals surface area (Å²) in [6, 6.07) is 9.94. The summed E-state index contributed by atoms with van der Waals surface area (Å²) in [5, 5.41) is 3.01. The molecule has 1 spiro atoms. The molecule has 2 atom stereocenters. The lowest BCUT2D eigenvalue weighted by molar-refractivity contribution is 0.236. The Balaban J connectivity index is 1.56. The molecule has 2 aliphatic heterocycles. The first-order chi connectivity index (χ1) is 16.9. The topological polar surface area (TPSA) is 110 Å². The Morgan fingerprint density at radius 2 is 2.03 bits per heavy atom. The Hall–Kier alpha value is -2.82. The highest BCUT2D eigenvalue weighted by molar-refractivity contribution is 7.95. The van der Waals surface area contributed by atoms with E-state index >= 15 is 0 Å². The molecular weight excluding hydrogens is 466 g/mol. The molecule has 3 fully saturated rings. The average molecular weight is 498 g/mol. The van der Waals surface area contributed by atoms with Crippen molar-refractivity contribution >= 4 is 28.0 Å². The molecular formula is C25H31N5O4S. The first-order valence-electron chi connectivity index (χ1n) is 12.2. The van der Waals surface area contributed by atoms with E-state index in [0.717, 1.165) is 25.7 Å². The van der Waals surface area contributed by atoms with Gasteiger partial charge in [0.25, 0.3) is 0 Å². The second-order valence-corrected chi connectivity index (χ2v) is 11.3. The average Bonchev–Trinajstić information content (AvgIpc) is 3.14. The second kappa shape index (κ2) is 9.67. The maximum Gasteiger partial charge on any atom is 0.328 e. The number of rotatable bonds is 5. The molecule has 9 nitrogen and oxygen atoms in total. The molecule has 10 heteroatoms. The van der Waals surface area contributed by atoms with Gasteiger partial charge in [-0.25, -0.2) is 4.79 Å². The summed E-state index contributed by atoms with van der Waals surface area (Å²) in [6.45, 7) is 0.485. The number of hydrogen-bond donors (Lipinski definition) is 1. The summed E-state index contributed by atoms with van der Waals surface area (Å²) in [7, 11) is -2.31. The zero-order valence-electron chi connectivity index (χ0n) is 19.9. The second-order valence-electron chi connectivity index (χ2n) is 9.40. The summed E-state index contributed by atoms with van der Waals surface area (Å²) < 4.78 is 34.1. The van der Waals surface area contributed by atoms with Gasteiger partial charge in [-0.1, -0.05) is 29.5 Å². The molecule has 1 aromatic heterocycles. The summed E-state index contributed by atoms with van der Waals surface area (Å²) in [4.78, 5) is 24.4. The molecule has 1 saturated carbocycles. The fourth-order valence-corrected chi connectivity index (χ4v) is 7.03. The number of urea groups is 1. The Bertz CT molecular complexity index is 1150. The molecule has 186 valence electrons. The number of carbonyl (C=O) groups is 1. The quantitative estimate of drug-likeness (QED) is 0.632. The zero-order chi connectivity index (χ0) is 24.5. The number of nitrogens with one attached hydrogen (secondary N) is 1. The smallest absolute Gasteiger partial charge is 0.328 e. The first kappa shape index (κ1) is 23.9. The minimum Gasteiger partial charge on any atom is -0.593 e. The van der Waals surface area contributed by atoms with E-state index in [2.05, 4.69) is 10.3 Å². The van der Waals surface area contributed by atoms with Gasteiger partial charge in [0.2, 0.25) is 0 Å². The van der Waals surface area contributed by atoms with Crippen molar-refractivity contribution in [3.63, 3.8) is 0 Å². The molecule has 3 heterocycles. The van der Waals surface area contributed by atoms with Crippen LogP contribution in [0.1, 0.15) is 44.9 Å². The van der Waals surface area contributed by atoms with Crippen LogP contribution < -0.4 is 15.0 Å². The number of piperidine rings is 1. The number of aromatic nitrogens is 1. The Kier molecular flexibility index (Phi) is 6.61. The van der Waals surface area contributed by atoms with Gasteiger partial charge >= 0.3 is 6.03 Å². The number of sulfonamides is 1. The number of anilines is 1. The van der Waals surface area contributed by atoms with Gasteiger partial charge in [-0.3, -0.25) is 20.2 Å². The number of carbonyl (C=O) groups excluding carboxylic acids is 1. The summed E-state index contributed by atoms with van der Waals surface area (Å²) >= 11 is 0. The van der Waals surface area contributed by atoms with Crippen LogP contribution in [0.5, 0.6) is 5.75 Å². The van der Waals surface area contributed by atoms with Crippen LogP contribution >= 0.6 is 0 Å². The summed E-state index contributed by atoms with van der Waals surface area (Å²) in [5.41, 5.74) is -0.290. The van der Waals surface area contributed by atoms with Crippen molar-refractivity contribution in [2.45, 2.75) is 61.4 Å². The van der Waals surface area contributed by atoms with Crippen LogP contribution in [0, 0.1) is 0 Å². The third-order valence-corrected chi connectivity index (χ3v) is 9.04. The highest BCUT2D eigenvalue weighted by atomic mass is 32.3. The number of ether oxygens (including phenoxy) is 1. The lowest BCUT2D eigenvalue weighted by Gasteiger charge is -2.44. The van der Waals surface area contributed by atoms with Crippen molar-refractivity contribution < 1.29 is 18.3 Å². The van der Waals surface area contributed by atoms with Crippen LogP contribution in [0.4, 0.5) is 10.5 Å². The van der Waals surface area contributed by atoms with Crippen LogP contribution in [0.15, 0.2) is 58.7 Å². The number of benzene rings is 1. The molecule has 2 unspecified atom stereocenters. The largest absolute Gasteiger partial charge is 0.593 e. The molecule has 35 heavy (non-hydrogen) atoms. The molecule has 0 radical (unpaired) electrons. The first-order valence-corrected chi connectivity index (χ1v) is 13.6. The third-order valence-electron chi connectivity index (χ3n) is 7.20. The molecule has 3 aliphatic rings. The lowest BCUT2D eigenvalue weighted by atomic mass is 9.87. The van der Waals surface area contributed by atoms with Crippen LogP contribution in [0.25, 0.3) is 0 Å². The van der Waals surface area contributed by atoms with Crippen molar-refractivity contribution in [3.05, 3.63) is 48.8 Å². The highest BCUT2D eigenvalue weighted by Crippen LogP contribution is 2.40. The van der Waals surface area contributed by atoms with Crippen LogP contribution in [-0.2, 0) is 14.6 Å². The van der Waals surface area contributed by atoms with Crippen molar-refractivity contribution in [2.75, 3.05) is 25.1 Å². The van der Waals surface area contributed by atoms with E-state index in [-0.39, 0.29) is 23.5 Å². The van der Waals surface area contributed by atoms with Gasteiger partial charge in [0.05, 0.1) is 31.6 Å². The number of methoxy groups -OCH3 is 1. The SMILES string of the molecule is COc1cccc([S+](=O)([O-])N2CCCC3(C2)C(=NC2CCCCC2)NC(=O)N3c2cccnc2)c1. The maximum absolute atomic E-state index is 13.7. The number of nitrogens with zero attached hydrogens (tertiary/aromatic N) is 4. The van der Waals surface area contributed by atoms with Gasteiger partial charge in [-0.15, -0.1) is 4.31 Å². The standard InChI is InChI=1S/C25H31N5O4S/c1-34-21-11-5-12-22(16-21)35(32,33)29-15-7-13-25(18-29)23(27-19-8-3-2-4-9-19)28-24(31)30(25)20-10-6-14-26-17-20/h5-6,10-12,14,16-17,19H,2-4,7-9,13,15,18H2,1H3,(H-,27,28,31,32,33). The molecule has 1 aliphatic carbocycles. The van der Waals surface area contributed by atoms with E-state index in [1.165, 1.54) is 23.9 Å². The molecule has 1 N–H and O–H groups in total. The minimum absolute atomic E-state index is 0.117. The van der Waals surface area contributed by atoms with Crippen LogP contribution in [0.3, 0.4) is 0 Å². The number of hydrogen-bond acceptors (Lipinski definition) is 6. The number of amides is 2. The van der Waals surface area contributed by atoms with Crippen LogP contribution in [-0.4, -0.2) is 57.5 Å². The summed E-state index contributed by atoms with van der Waals surface area (Å²) in [5.74, 6) is 1.05. The minimum atomic E-state index is -3.82. The van der Waals surface area contributed by atoms with E-state index in [0.29, 0.717) is 36.7 Å². The Morgan fingerprint density at radius 3 is 2.77 bits per heavy atom. The molecule has 1 aromatic carbocycles. The van der Waals surface area contributed by atoms with E-state index in [1.54, 1.807) is 41.6 Å². The summed E-state index contributed by atoms with van der Waals surface area (Å²) in [6.07, 6.45) is 9.89. The fourth-order valence-electron chi connectivity index (χ4n) is 5.46. The van der Waals surface area contributed by atoms with Crippen molar-refractivity contribution in [1.29, 1.82) is 0 Å². The number of aliphatic imine (C=N–C) groups is 1. The van der Waals surface area contributed by atoms with E-state index < -0.39 is 15.9 Å². The number of amidine groups is 1. The number of pyridine rings is 1. The van der Waals surface area contributed by atoms with E-state index in [9.17, 15) is 13.6 Å². The van der Waals surface area contributed by atoms with E-state index in [1.807, 2.05) is 6.07 Å². The van der Waals surface area contributed by atoms with E-state index in [4.69, 9.17) is 9.73 Å². The monoisotopic (exact) mass is 497 g/mol. The maximum atomic E-state index is 13.7. The fraction of sp³-hybridized carbons (Fsp3) is 0.480. The Labute approximate surface area is 207 Å². The molecule has 0 bridgehead atoms. The third kappa shape index (κ3) is 4.46. The highest BCUT2D eigenvalue weighted by Gasteiger charge is 2.56. The van der Waals surface area contributed by atoms with Gasteiger partial charge in [-0.05, 0) is 49.9 Å². The van der Waals surface area contributed by atoms with Crippen LogP contribution in [0.2, 0.25) is 0 Å². The van der Waals surface area contributed by atoms with Crippen molar-refractivity contribution in [1.82, 2.24) is 14.6 Å². The van der Waals surface area contributed by atoms with Gasteiger partial charge < -0.3 is 9.29 Å². The van der Waals surface area contributed by atoms with Crippen molar-refractivity contribution in [2.24, 2.45) is 4.99 Å². The predicted octanol–water partition coefficient (Wildman–Crippen LogP) is 3.79.